The van der Waals surface area contributed by atoms with Gasteiger partial charge in [-0.15, -0.1) is 0 Å². The third kappa shape index (κ3) is 4.52. The number of carbonyl (C=O) groups excluding carboxylic acids is 1. The topological polar surface area (TPSA) is 75.9 Å². The van der Waals surface area contributed by atoms with Crippen molar-refractivity contribution in [2.45, 2.75) is 37.3 Å². The van der Waals surface area contributed by atoms with Gasteiger partial charge in [0.1, 0.15) is 23.2 Å². The predicted molar refractivity (Wildman–Crippen MR) is 114 cm³/mol. The van der Waals surface area contributed by atoms with Crippen LogP contribution in [0, 0.1) is 11.3 Å². The number of rotatable bonds is 6. The molecule has 1 amide bonds. The number of likely N-dealkylation sites (N-methyl/N-ethyl adjacent to an activating group) is 1. The van der Waals surface area contributed by atoms with Gasteiger partial charge in [-0.2, -0.15) is 5.26 Å². The molecule has 0 N–H and O–H groups in total. The van der Waals surface area contributed by atoms with E-state index in [1.807, 2.05) is 17.0 Å². The molecule has 8 heteroatoms. The van der Waals surface area contributed by atoms with Crippen molar-refractivity contribution in [3.05, 3.63) is 23.9 Å². The third-order valence-corrected chi connectivity index (χ3v) is 6.77. The molecule has 0 saturated carbocycles. The lowest BCUT2D eigenvalue weighted by Crippen LogP contribution is -2.47. The smallest absolute Gasteiger partial charge is 0.410 e. The van der Waals surface area contributed by atoms with Crippen LogP contribution in [0.15, 0.2) is 18.2 Å². The Kier molecular flexibility index (Phi) is 6.11. The lowest BCUT2D eigenvalue weighted by molar-refractivity contribution is 0.0366. The monoisotopic (exact) mass is 412 g/mol. The first-order valence-corrected chi connectivity index (χ1v) is 11.0. The van der Waals surface area contributed by atoms with Crippen molar-refractivity contribution in [1.29, 1.82) is 5.26 Å². The van der Waals surface area contributed by atoms with Crippen molar-refractivity contribution in [2.24, 2.45) is 0 Å². The minimum Gasteiger partial charge on any atom is -0.441 e. The summed E-state index contributed by atoms with van der Waals surface area (Å²) in [5.41, 5.74) is 0.0607. The molecule has 1 aromatic heterocycles. The zero-order chi connectivity index (χ0) is 21.1. The third-order valence-electron chi connectivity index (χ3n) is 6.77. The fourth-order valence-electron chi connectivity index (χ4n) is 4.85. The molecule has 0 aliphatic carbocycles. The fourth-order valence-corrected chi connectivity index (χ4v) is 4.85. The average molecular weight is 413 g/mol. The lowest BCUT2D eigenvalue weighted by atomic mass is 9.91. The van der Waals surface area contributed by atoms with E-state index in [9.17, 15) is 4.79 Å². The van der Waals surface area contributed by atoms with Crippen LogP contribution in [0.2, 0.25) is 0 Å². The molecule has 0 aromatic carbocycles. The summed E-state index contributed by atoms with van der Waals surface area (Å²) in [6.07, 6.45) is 3.64. The zero-order valence-corrected chi connectivity index (χ0v) is 18.1. The van der Waals surface area contributed by atoms with Crippen LogP contribution in [0.1, 0.15) is 31.4 Å². The number of nitrogens with zero attached hydrogens (tertiary/aromatic N) is 6. The van der Waals surface area contributed by atoms with E-state index in [0.717, 1.165) is 64.3 Å². The second kappa shape index (κ2) is 8.78. The van der Waals surface area contributed by atoms with E-state index in [-0.39, 0.29) is 11.7 Å². The Bertz CT molecular complexity index is 799. The number of hydrogen-bond acceptors (Lipinski definition) is 7. The highest BCUT2D eigenvalue weighted by atomic mass is 16.6. The molecule has 8 nitrogen and oxygen atoms in total. The zero-order valence-electron chi connectivity index (χ0n) is 18.1. The Morgan fingerprint density at radius 2 is 2.07 bits per heavy atom. The van der Waals surface area contributed by atoms with E-state index in [4.69, 9.17) is 10.00 Å². The number of likely N-dealkylation sites (tertiary alicyclic amines) is 1. The van der Waals surface area contributed by atoms with Crippen LogP contribution in [-0.2, 0) is 4.74 Å². The minimum atomic E-state index is -0.371. The van der Waals surface area contributed by atoms with Gasteiger partial charge in [0.25, 0.3) is 0 Å². The number of carbonyl (C=O) groups is 1. The van der Waals surface area contributed by atoms with Gasteiger partial charge in [-0.3, -0.25) is 0 Å². The van der Waals surface area contributed by atoms with E-state index in [0.29, 0.717) is 18.3 Å². The number of hydrogen-bond donors (Lipinski definition) is 0. The predicted octanol–water partition coefficient (Wildman–Crippen LogP) is 1.77. The van der Waals surface area contributed by atoms with E-state index < -0.39 is 0 Å². The number of anilines is 1. The SMILES string of the molecule is CN(C)C1CCN(CCCN2CC3(CCN(c4cccc(C#N)n4)CC3)OC2=O)C1. The van der Waals surface area contributed by atoms with Gasteiger partial charge >= 0.3 is 6.09 Å². The van der Waals surface area contributed by atoms with Crippen molar-refractivity contribution in [2.75, 3.05) is 64.8 Å². The maximum absolute atomic E-state index is 12.5. The highest BCUT2D eigenvalue weighted by Gasteiger charge is 2.46. The standard InChI is InChI=1S/C22H32N6O2/c1-25(2)19-7-12-26(16-19)10-4-11-28-17-22(30-21(28)29)8-13-27(14-9-22)20-6-3-5-18(15-23)24-20/h3,5-6,19H,4,7-14,16-17H2,1-2H3. The Labute approximate surface area is 179 Å². The van der Waals surface area contributed by atoms with Crippen LogP contribution < -0.4 is 4.90 Å². The number of nitriles is 1. The minimum absolute atomic E-state index is 0.166. The molecule has 4 rings (SSSR count). The summed E-state index contributed by atoms with van der Waals surface area (Å²) >= 11 is 0. The molecule has 1 unspecified atom stereocenters. The molecule has 4 heterocycles. The second-order valence-corrected chi connectivity index (χ2v) is 9.01. The first kappa shape index (κ1) is 20.9. The van der Waals surface area contributed by atoms with Crippen molar-refractivity contribution >= 4 is 11.9 Å². The van der Waals surface area contributed by atoms with Crippen LogP contribution in [0.3, 0.4) is 0 Å². The maximum Gasteiger partial charge on any atom is 0.410 e. The molecule has 162 valence electrons. The Hall–Kier alpha value is -2.37. The Morgan fingerprint density at radius 3 is 2.77 bits per heavy atom. The van der Waals surface area contributed by atoms with E-state index in [1.54, 1.807) is 6.07 Å². The number of amides is 1. The molecule has 1 atom stereocenters. The van der Waals surface area contributed by atoms with Gasteiger partial charge in [-0.05, 0) is 52.2 Å². The summed E-state index contributed by atoms with van der Waals surface area (Å²) in [4.78, 5) is 25.7. The highest BCUT2D eigenvalue weighted by molar-refractivity contribution is 5.70. The van der Waals surface area contributed by atoms with Crippen LogP contribution in [0.4, 0.5) is 10.6 Å². The van der Waals surface area contributed by atoms with Gasteiger partial charge in [-0.25, -0.2) is 9.78 Å². The molecule has 3 fully saturated rings. The van der Waals surface area contributed by atoms with Gasteiger partial charge in [0, 0.05) is 45.1 Å². The lowest BCUT2D eigenvalue weighted by Gasteiger charge is -2.38. The van der Waals surface area contributed by atoms with Crippen molar-refractivity contribution < 1.29 is 9.53 Å². The van der Waals surface area contributed by atoms with Gasteiger partial charge in [0.15, 0.2) is 0 Å². The summed E-state index contributed by atoms with van der Waals surface area (Å²) in [6, 6.07) is 8.26. The Morgan fingerprint density at radius 1 is 1.27 bits per heavy atom. The second-order valence-electron chi connectivity index (χ2n) is 9.01. The largest absolute Gasteiger partial charge is 0.441 e. The normalized spacial score (nSPS) is 23.9. The molecular weight excluding hydrogens is 380 g/mol. The van der Waals surface area contributed by atoms with E-state index >= 15 is 0 Å². The fraction of sp³-hybridized carbons (Fsp3) is 0.682. The molecule has 1 spiro atoms. The van der Waals surface area contributed by atoms with Gasteiger partial charge in [0.2, 0.25) is 0 Å². The quantitative estimate of drug-likeness (QED) is 0.705. The summed E-state index contributed by atoms with van der Waals surface area (Å²) < 4.78 is 5.87. The summed E-state index contributed by atoms with van der Waals surface area (Å²) in [7, 11) is 4.30. The molecule has 3 aliphatic rings. The first-order valence-electron chi connectivity index (χ1n) is 11.0. The highest BCUT2D eigenvalue weighted by Crippen LogP contribution is 2.34. The molecule has 30 heavy (non-hydrogen) atoms. The van der Waals surface area contributed by atoms with Gasteiger partial charge in [-0.1, -0.05) is 6.07 Å². The van der Waals surface area contributed by atoms with Crippen LogP contribution in [-0.4, -0.2) is 97.3 Å². The molecule has 0 radical (unpaired) electrons. The molecule has 3 aliphatic heterocycles. The van der Waals surface area contributed by atoms with Crippen LogP contribution in [0.5, 0.6) is 0 Å². The van der Waals surface area contributed by atoms with Crippen molar-refractivity contribution in [3.63, 3.8) is 0 Å². The number of ether oxygens (including phenoxy) is 1. The van der Waals surface area contributed by atoms with Crippen LogP contribution >= 0.6 is 0 Å². The van der Waals surface area contributed by atoms with Gasteiger partial charge < -0.3 is 24.3 Å². The van der Waals surface area contributed by atoms with Crippen molar-refractivity contribution in [3.8, 4) is 6.07 Å². The Balaban J connectivity index is 1.24. The number of aromatic nitrogens is 1. The maximum atomic E-state index is 12.5. The van der Waals surface area contributed by atoms with Gasteiger partial charge in [0.05, 0.1) is 6.54 Å². The molecule has 3 saturated heterocycles. The summed E-state index contributed by atoms with van der Waals surface area (Å²) in [6.45, 7) is 6.32. The number of pyridine rings is 1. The molecular formula is C22H32N6O2. The van der Waals surface area contributed by atoms with Crippen molar-refractivity contribution in [1.82, 2.24) is 19.7 Å². The summed E-state index contributed by atoms with van der Waals surface area (Å²) in [5, 5.41) is 9.06. The van der Waals surface area contributed by atoms with E-state index in [1.165, 1.54) is 6.42 Å². The first-order chi connectivity index (χ1) is 14.5. The van der Waals surface area contributed by atoms with E-state index in [2.05, 4.69) is 39.8 Å². The van der Waals surface area contributed by atoms with Crippen LogP contribution in [0.25, 0.3) is 0 Å². The molecule has 0 bridgehead atoms. The number of piperidine rings is 1. The average Bonchev–Trinajstić information content (AvgIpc) is 3.34. The summed E-state index contributed by atoms with van der Waals surface area (Å²) in [5.74, 6) is 0.826. The molecule has 1 aromatic rings.